The van der Waals surface area contributed by atoms with E-state index in [0.29, 0.717) is 11.4 Å². The van der Waals surface area contributed by atoms with Crippen LogP contribution in [0.25, 0.3) is 0 Å². The highest BCUT2D eigenvalue weighted by Gasteiger charge is 2.26. The molecule has 3 rings (SSSR count). The predicted octanol–water partition coefficient (Wildman–Crippen LogP) is 8.62. The van der Waals surface area contributed by atoms with Crippen molar-refractivity contribution in [3.63, 3.8) is 0 Å². The normalized spacial score (nSPS) is 13.5. The lowest BCUT2D eigenvalue weighted by Crippen LogP contribution is -2.30. The number of hydrazone groups is 1. The van der Waals surface area contributed by atoms with Crippen molar-refractivity contribution in [1.29, 1.82) is 0 Å². The quantitative estimate of drug-likeness (QED) is 0.0873. The van der Waals surface area contributed by atoms with E-state index in [0.717, 1.165) is 19.3 Å². The molecular formula is C38H52N4O5. The van der Waals surface area contributed by atoms with Gasteiger partial charge in [-0.25, -0.2) is 0 Å². The Morgan fingerprint density at radius 3 is 2.06 bits per heavy atom. The van der Waals surface area contributed by atoms with Crippen molar-refractivity contribution < 1.29 is 24.3 Å². The molecule has 0 aliphatic carbocycles. The van der Waals surface area contributed by atoms with Crippen molar-refractivity contribution in [1.82, 2.24) is 5.32 Å². The molecular weight excluding hydrogens is 592 g/mol. The molecule has 254 valence electrons. The first-order valence-corrected chi connectivity index (χ1v) is 17.4. The third-order valence-corrected chi connectivity index (χ3v) is 8.25. The molecule has 1 unspecified atom stereocenters. The summed E-state index contributed by atoms with van der Waals surface area (Å²) in [7, 11) is 0. The molecule has 0 bridgehead atoms. The van der Waals surface area contributed by atoms with Crippen LogP contribution in [-0.4, -0.2) is 34.6 Å². The minimum atomic E-state index is -1.06. The third-order valence-electron chi connectivity index (χ3n) is 8.25. The van der Waals surface area contributed by atoms with Gasteiger partial charge < -0.3 is 15.7 Å². The van der Waals surface area contributed by atoms with E-state index in [9.17, 15) is 24.3 Å². The number of para-hydroxylation sites is 1. The zero-order valence-corrected chi connectivity index (χ0v) is 27.9. The molecule has 0 fully saturated rings. The van der Waals surface area contributed by atoms with Gasteiger partial charge >= 0.3 is 5.97 Å². The third kappa shape index (κ3) is 14.4. The number of carboxylic acid groups (broad SMARTS) is 1. The number of hydrogen-bond donors (Lipinski definition) is 3. The van der Waals surface area contributed by atoms with E-state index in [1.807, 2.05) is 12.1 Å². The number of carboxylic acids is 1. The van der Waals surface area contributed by atoms with E-state index >= 15 is 0 Å². The Morgan fingerprint density at radius 2 is 1.45 bits per heavy atom. The van der Waals surface area contributed by atoms with Crippen molar-refractivity contribution in [2.75, 3.05) is 10.3 Å². The highest BCUT2D eigenvalue weighted by molar-refractivity contribution is 6.18. The second kappa shape index (κ2) is 21.5. The highest BCUT2D eigenvalue weighted by atomic mass is 16.4. The number of amides is 3. The molecule has 47 heavy (non-hydrogen) atoms. The summed E-state index contributed by atoms with van der Waals surface area (Å²) < 4.78 is 0. The molecule has 1 aliphatic rings. The number of amidine groups is 1. The molecule has 2 aromatic carbocycles. The van der Waals surface area contributed by atoms with E-state index in [1.165, 1.54) is 88.1 Å². The van der Waals surface area contributed by atoms with E-state index < -0.39 is 23.7 Å². The van der Waals surface area contributed by atoms with Crippen molar-refractivity contribution in [3.05, 3.63) is 72.3 Å². The molecule has 3 amide bonds. The predicted molar refractivity (Wildman–Crippen MR) is 188 cm³/mol. The Morgan fingerprint density at radius 1 is 0.830 bits per heavy atom. The molecule has 0 spiro atoms. The number of carbonyl (C=O) groups excluding carboxylic acids is 3. The SMILES string of the molecule is CCCCCCCCCCCCCCCCC=CC(CC(=O)O)C(=O)Nc1cccc(C(=O)NC2=NN(c3ccccc3)C(=O)C2)c1. The van der Waals surface area contributed by atoms with Gasteiger partial charge in [-0.05, 0) is 43.2 Å². The molecule has 3 N–H and O–H groups in total. The maximum atomic E-state index is 13.0. The lowest BCUT2D eigenvalue weighted by Gasteiger charge is -2.12. The van der Waals surface area contributed by atoms with Crippen molar-refractivity contribution in [3.8, 4) is 0 Å². The topological polar surface area (TPSA) is 128 Å². The highest BCUT2D eigenvalue weighted by Crippen LogP contribution is 2.20. The second-order valence-electron chi connectivity index (χ2n) is 12.3. The Hall–Kier alpha value is -4.27. The zero-order chi connectivity index (χ0) is 33.7. The molecule has 9 nitrogen and oxygen atoms in total. The zero-order valence-electron chi connectivity index (χ0n) is 27.9. The van der Waals surface area contributed by atoms with Gasteiger partial charge in [-0.3, -0.25) is 19.2 Å². The van der Waals surface area contributed by atoms with Gasteiger partial charge in [-0.1, -0.05) is 127 Å². The fraction of sp³-hybridized carbons (Fsp3) is 0.500. The van der Waals surface area contributed by atoms with E-state index in [1.54, 1.807) is 48.5 Å². The van der Waals surface area contributed by atoms with Crippen LogP contribution in [0.2, 0.25) is 0 Å². The maximum absolute atomic E-state index is 13.0. The lowest BCUT2D eigenvalue weighted by molar-refractivity contribution is -0.139. The first-order chi connectivity index (χ1) is 22.9. The van der Waals surface area contributed by atoms with Crippen LogP contribution < -0.4 is 15.6 Å². The number of unbranched alkanes of at least 4 members (excludes halogenated alkanes) is 14. The minimum absolute atomic E-state index is 0.0420. The number of aliphatic carboxylic acids is 1. The van der Waals surface area contributed by atoms with E-state index in [-0.39, 0.29) is 30.1 Å². The fourth-order valence-corrected chi connectivity index (χ4v) is 5.60. The van der Waals surface area contributed by atoms with Crippen molar-refractivity contribution >= 4 is 40.9 Å². The Bertz CT molecular complexity index is 1340. The van der Waals surface area contributed by atoms with Crippen LogP contribution in [0.4, 0.5) is 11.4 Å². The summed E-state index contributed by atoms with van der Waals surface area (Å²) in [6.45, 7) is 2.25. The molecule has 9 heteroatoms. The molecule has 0 saturated carbocycles. The van der Waals surface area contributed by atoms with Gasteiger partial charge in [0.1, 0.15) is 5.84 Å². The first-order valence-electron chi connectivity index (χ1n) is 17.4. The molecule has 1 aliphatic heterocycles. The van der Waals surface area contributed by atoms with Crippen molar-refractivity contribution in [2.45, 2.75) is 116 Å². The van der Waals surface area contributed by atoms with Gasteiger partial charge in [0.15, 0.2) is 0 Å². The number of anilines is 2. The summed E-state index contributed by atoms with van der Waals surface area (Å²) in [6, 6.07) is 15.3. The van der Waals surface area contributed by atoms with Crippen LogP contribution in [0, 0.1) is 5.92 Å². The monoisotopic (exact) mass is 644 g/mol. The number of carbonyl (C=O) groups is 4. The lowest BCUT2D eigenvalue weighted by atomic mass is 10.0. The van der Waals surface area contributed by atoms with Crippen LogP contribution in [0.15, 0.2) is 71.9 Å². The van der Waals surface area contributed by atoms with E-state index in [2.05, 4.69) is 22.7 Å². The van der Waals surface area contributed by atoms with Gasteiger partial charge in [0.05, 0.1) is 24.4 Å². The molecule has 2 aromatic rings. The average Bonchev–Trinajstić information content (AvgIpc) is 3.43. The Balaban J connectivity index is 1.38. The van der Waals surface area contributed by atoms with Gasteiger partial charge in [-0.2, -0.15) is 10.1 Å². The summed E-state index contributed by atoms with van der Waals surface area (Å²) in [4.78, 5) is 49.8. The fourth-order valence-electron chi connectivity index (χ4n) is 5.60. The number of allylic oxidation sites excluding steroid dienone is 1. The standard InChI is InChI=1S/C38H52N4O5/c1-2-3-4-5-6-7-8-9-10-11-12-13-14-15-16-18-22-31(28-36(44)45)37(46)39-32-24-21-23-30(27-32)38(47)40-34-29-35(43)42(41-34)33-25-19-17-20-26-33/h17-27,31H,2-16,28-29H2,1H3,(H,39,46)(H,44,45)(H,40,41,47). The Labute approximate surface area is 279 Å². The maximum Gasteiger partial charge on any atom is 0.304 e. The average molecular weight is 645 g/mol. The van der Waals surface area contributed by atoms with Crippen LogP contribution in [0.5, 0.6) is 0 Å². The number of benzene rings is 2. The number of nitrogens with one attached hydrogen (secondary N) is 2. The molecule has 0 saturated heterocycles. The van der Waals surface area contributed by atoms with Crippen LogP contribution >= 0.6 is 0 Å². The Kier molecular flexibility index (Phi) is 17.0. The summed E-state index contributed by atoms with van der Waals surface area (Å²) in [6.07, 6.45) is 22.1. The number of rotatable bonds is 22. The molecule has 1 heterocycles. The minimum Gasteiger partial charge on any atom is -0.481 e. The first kappa shape index (κ1) is 37.2. The van der Waals surface area contributed by atoms with Crippen LogP contribution in [0.1, 0.15) is 126 Å². The van der Waals surface area contributed by atoms with Gasteiger partial charge in [0.25, 0.3) is 11.8 Å². The summed E-state index contributed by atoms with van der Waals surface area (Å²) in [5, 5.41) is 20.3. The summed E-state index contributed by atoms with van der Waals surface area (Å²) in [5.41, 5.74) is 1.24. The smallest absolute Gasteiger partial charge is 0.304 e. The van der Waals surface area contributed by atoms with E-state index in [4.69, 9.17) is 0 Å². The van der Waals surface area contributed by atoms with Crippen molar-refractivity contribution in [2.24, 2.45) is 11.0 Å². The second-order valence-corrected chi connectivity index (χ2v) is 12.3. The van der Waals surface area contributed by atoms with Gasteiger partial charge in [-0.15, -0.1) is 0 Å². The summed E-state index contributed by atoms with van der Waals surface area (Å²) in [5.74, 6) is -2.85. The number of nitrogens with zero attached hydrogens (tertiary/aromatic N) is 2. The largest absolute Gasteiger partial charge is 0.481 e. The van der Waals surface area contributed by atoms with Crippen LogP contribution in [0.3, 0.4) is 0 Å². The van der Waals surface area contributed by atoms with Gasteiger partial charge in [0, 0.05) is 11.3 Å². The number of hydrogen-bond acceptors (Lipinski definition) is 5. The molecule has 0 radical (unpaired) electrons. The van der Waals surface area contributed by atoms with Gasteiger partial charge in [0.2, 0.25) is 5.91 Å². The molecule has 0 aromatic heterocycles. The molecule has 1 atom stereocenters. The summed E-state index contributed by atoms with van der Waals surface area (Å²) >= 11 is 0. The van der Waals surface area contributed by atoms with Crippen LogP contribution in [-0.2, 0) is 14.4 Å².